The molecule has 24 heavy (non-hydrogen) atoms. The smallest absolute Gasteiger partial charge is 0.272 e. The molecule has 0 saturated heterocycles. The largest absolute Gasteiger partial charge is 0.494 e. The Morgan fingerprint density at radius 1 is 1.08 bits per heavy atom. The third-order valence-electron chi connectivity index (χ3n) is 4.18. The minimum atomic E-state index is -0.0882. The van der Waals surface area contributed by atoms with Crippen molar-refractivity contribution in [1.29, 1.82) is 0 Å². The number of aryl methyl sites for hydroxylation is 2. The molecule has 4 heteroatoms. The van der Waals surface area contributed by atoms with Gasteiger partial charge in [-0.25, -0.2) is 0 Å². The summed E-state index contributed by atoms with van der Waals surface area (Å²) < 4.78 is 7.49. The number of ether oxygens (including phenoxy) is 1. The monoisotopic (exact) mass is 322 g/mol. The summed E-state index contributed by atoms with van der Waals surface area (Å²) in [7, 11) is 0. The highest BCUT2D eigenvalue weighted by molar-refractivity contribution is 6.08. The second-order valence-electron chi connectivity index (χ2n) is 5.65. The molecule has 1 N–H and O–H groups in total. The molecule has 0 spiro atoms. The maximum atomic E-state index is 12.8. The van der Waals surface area contributed by atoms with Crippen LogP contribution in [0.25, 0.3) is 10.9 Å². The molecule has 0 unspecified atom stereocenters. The lowest BCUT2D eigenvalue weighted by Crippen LogP contribution is -2.17. The maximum absolute atomic E-state index is 12.8. The normalized spacial score (nSPS) is 10.8. The molecule has 0 radical (unpaired) electrons. The van der Waals surface area contributed by atoms with Crippen molar-refractivity contribution in [1.82, 2.24) is 4.57 Å². The van der Waals surface area contributed by atoms with E-state index >= 15 is 0 Å². The lowest BCUT2D eigenvalue weighted by molar-refractivity contribution is 0.101. The number of nitrogens with one attached hydrogen (secondary N) is 1. The van der Waals surface area contributed by atoms with E-state index in [0.29, 0.717) is 12.3 Å². The Hall–Kier alpha value is -2.75. The highest BCUT2D eigenvalue weighted by Gasteiger charge is 2.19. The van der Waals surface area contributed by atoms with Crippen LogP contribution in [-0.2, 0) is 6.54 Å². The summed E-state index contributed by atoms with van der Waals surface area (Å²) in [6.07, 6.45) is 0. The molecule has 4 nitrogen and oxygen atoms in total. The second-order valence-corrected chi connectivity index (χ2v) is 5.65. The lowest BCUT2D eigenvalue weighted by Gasteiger charge is -2.10. The molecule has 0 aliphatic heterocycles. The van der Waals surface area contributed by atoms with Crippen LogP contribution in [-0.4, -0.2) is 17.1 Å². The van der Waals surface area contributed by atoms with Gasteiger partial charge in [0.05, 0.1) is 6.61 Å². The number of para-hydroxylation sites is 1. The summed E-state index contributed by atoms with van der Waals surface area (Å²) in [6.45, 7) is 7.38. The number of fused-ring (bicyclic) bond motifs is 1. The lowest BCUT2D eigenvalue weighted by atomic mass is 10.1. The van der Waals surface area contributed by atoms with Gasteiger partial charge in [0.1, 0.15) is 11.4 Å². The SMILES string of the molecule is CCOc1ccc(NC(=O)c2c(C)c3ccccc3n2CC)cc1. The van der Waals surface area contributed by atoms with Gasteiger partial charge in [0, 0.05) is 23.1 Å². The molecule has 3 aromatic rings. The maximum Gasteiger partial charge on any atom is 0.272 e. The van der Waals surface area contributed by atoms with Crippen LogP contribution in [0.15, 0.2) is 48.5 Å². The summed E-state index contributed by atoms with van der Waals surface area (Å²) in [4.78, 5) is 12.8. The quantitative estimate of drug-likeness (QED) is 0.745. The fourth-order valence-corrected chi connectivity index (χ4v) is 3.09. The number of anilines is 1. The number of rotatable bonds is 5. The summed E-state index contributed by atoms with van der Waals surface area (Å²) in [6, 6.07) is 15.6. The number of amides is 1. The van der Waals surface area contributed by atoms with Gasteiger partial charge in [0.2, 0.25) is 0 Å². The Balaban J connectivity index is 1.92. The third kappa shape index (κ3) is 2.87. The summed E-state index contributed by atoms with van der Waals surface area (Å²) in [5.41, 5.74) is 3.58. The summed E-state index contributed by atoms with van der Waals surface area (Å²) >= 11 is 0. The number of carbonyl (C=O) groups is 1. The van der Waals surface area contributed by atoms with Crippen LogP contribution in [0.1, 0.15) is 29.9 Å². The first kappa shape index (κ1) is 16.1. The van der Waals surface area contributed by atoms with E-state index in [4.69, 9.17) is 4.74 Å². The molecule has 0 fully saturated rings. The average Bonchev–Trinajstić information content (AvgIpc) is 2.89. The Morgan fingerprint density at radius 2 is 1.79 bits per heavy atom. The summed E-state index contributed by atoms with van der Waals surface area (Å²) in [5, 5.41) is 4.11. The molecule has 1 amide bonds. The van der Waals surface area contributed by atoms with Gasteiger partial charge >= 0.3 is 0 Å². The van der Waals surface area contributed by atoms with Gasteiger partial charge in [-0.3, -0.25) is 4.79 Å². The van der Waals surface area contributed by atoms with Crippen LogP contribution in [0.2, 0.25) is 0 Å². The van der Waals surface area contributed by atoms with Crippen LogP contribution in [0.3, 0.4) is 0 Å². The van der Waals surface area contributed by atoms with E-state index in [1.54, 1.807) is 0 Å². The minimum Gasteiger partial charge on any atom is -0.494 e. The predicted octanol–water partition coefficient (Wildman–Crippen LogP) is 4.62. The standard InChI is InChI=1S/C20H22N2O2/c1-4-22-18-9-7-6-8-17(18)14(3)19(22)20(23)21-15-10-12-16(13-11-15)24-5-2/h6-13H,4-5H2,1-3H3,(H,21,23). The van der Waals surface area contributed by atoms with E-state index in [1.807, 2.05) is 50.2 Å². The van der Waals surface area contributed by atoms with Crippen molar-refractivity contribution in [2.45, 2.75) is 27.3 Å². The van der Waals surface area contributed by atoms with Crippen molar-refractivity contribution in [3.8, 4) is 5.75 Å². The third-order valence-corrected chi connectivity index (χ3v) is 4.18. The molecule has 124 valence electrons. The Kier molecular flexibility index (Phi) is 4.56. The molecule has 2 aromatic carbocycles. The van der Waals surface area contributed by atoms with Gasteiger partial charge in [0.15, 0.2) is 0 Å². The number of benzene rings is 2. The first-order valence-corrected chi connectivity index (χ1v) is 8.27. The number of hydrogen-bond acceptors (Lipinski definition) is 2. The van der Waals surface area contributed by atoms with Crippen molar-refractivity contribution >= 4 is 22.5 Å². The molecule has 0 aliphatic carbocycles. The van der Waals surface area contributed by atoms with Crippen molar-refractivity contribution < 1.29 is 9.53 Å². The van der Waals surface area contributed by atoms with Gasteiger partial charge in [-0.1, -0.05) is 18.2 Å². The fraction of sp³-hybridized carbons (Fsp3) is 0.250. The molecular weight excluding hydrogens is 300 g/mol. The van der Waals surface area contributed by atoms with Gasteiger partial charge in [-0.05, 0) is 56.7 Å². The van der Waals surface area contributed by atoms with Crippen molar-refractivity contribution in [3.63, 3.8) is 0 Å². The highest BCUT2D eigenvalue weighted by Crippen LogP contribution is 2.26. The number of aromatic nitrogens is 1. The Morgan fingerprint density at radius 3 is 2.46 bits per heavy atom. The first-order valence-electron chi connectivity index (χ1n) is 8.27. The second kappa shape index (κ2) is 6.79. The molecule has 3 rings (SSSR count). The van der Waals surface area contributed by atoms with Crippen molar-refractivity contribution in [2.24, 2.45) is 0 Å². The van der Waals surface area contributed by atoms with E-state index in [2.05, 4.69) is 28.9 Å². The van der Waals surface area contributed by atoms with Crippen LogP contribution < -0.4 is 10.1 Å². The van der Waals surface area contributed by atoms with Crippen LogP contribution in [0, 0.1) is 6.92 Å². The van der Waals surface area contributed by atoms with Crippen molar-refractivity contribution in [2.75, 3.05) is 11.9 Å². The number of nitrogens with zero attached hydrogens (tertiary/aromatic N) is 1. The molecule has 1 aromatic heterocycles. The van der Waals surface area contributed by atoms with E-state index in [0.717, 1.165) is 34.4 Å². The molecule has 1 heterocycles. The highest BCUT2D eigenvalue weighted by atomic mass is 16.5. The van der Waals surface area contributed by atoms with E-state index in [-0.39, 0.29) is 5.91 Å². The minimum absolute atomic E-state index is 0.0882. The molecule has 0 aliphatic rings. The van der Waals surface area contributed by atoms with Crippen molar-refractivity contribution in [3.05, 3.63) is 59.8 Å². The average molecular weight is 322 g/mol. The molecule has 0 saturated carbocycles. The van der Waals surface area contributed by atoms with Gasteiger partial charge in [0.25, 0.3) is 5.91 Å². The molecule has 0 atom stereocenters. The predicted molar refractivity (Wildman–Crippen MR) is 97.9 cm³/mol. The fourth-order valence-electron chi connectivity index (χ4n) is 3.09. The zero-order valence-corrected chi connectivity index (χ0v) is 14.3. The van der Waals surface area contributed by atoms with Crippen LogP contribution >= 0.6 is 0 Å². The number of hydrogen-bond donors (Lipinski definition) is 1. The zero-order valence-electron chi connectivity index (χ0n) is 14.3. The van der Waals surface area contributed by atoms with Gasteiger partial charge < -0.3 is 14.6 Å². The van der Waals surface area contributed by atoms with E-state index in [1.165, 1.54) is 0 Å². The van der Waals surface area contributed by atoms with Crippen LogP contribution in [0.5, 0.6) is 5.75 Å². The Bertz CT molecular complexity index is 863. The van der Waals surface area contributed by atoms with Gasteiger partial charge in [-0.2, -0.15) is 0 Å². The number of carbonyl (C=O) groups excluding carboxylic acids is 1. The molecular formula is C20H22N2O2. The molecule has 0 bridgehead atoms. The van der Waals surface area contributed by atoms with E-state index in [9.17, 15) is 4.79 Å². The first-order chi connectivity index (χ1) is 11.7. The van der Waals surface area contributed by atoms with Gasteiger partial charge in [-0.15, -0.1) is 0 Å². The Labute approximate surface area is 142 Å². The summed E-state index contributed by atoms with van der Waals surface area (Å²) in [5.74, 6) is 0.712. The zero-order chi connectivity index (χ0) is 17.1. The topological polar surface area (TPSA) is 43.3 Å². The van der Waals surface area contributed by atoms with E-state index < -0.39 is 0 Å². The van der Waals surface area contributed by atoms with Crippen LogP contribution in [0.4, 0.5) is 5.69 Å².